The predicted molar refractivity (Wildman–Crippen MR) is 331 cm³/mol. The lowest BCUT2D eigenvalue weighted by atomic mass is 9.86. The quantitative estimate of drug-likeness (QED) is 0.0392. The second-order valence-electron chi connectivity index (χ2n) is 24.4. The zero-order valence-electron chi connectivity index (χ0n) is 50.5. The second-order valence-corrected chi connectivity index (χ2v) is 24.4. The van der Waals surface area contributed by atoms with Crippen LogP contribution in [-0.2, 0) is 11.3 Å². The van der Waals surface area contributed by atoms with Crippen molar-refractivity contribution < 1.29 is 38.5 Å². The first-order chi connectivity index (χ1) is 39.3. The first kappa shape index (κ1) is 62.6. The van der Waals surface area contributed by atoms with Crippen LogP contribution < -0.4 is 9.47 Å². The number of fused-ring (bicyclic) bond motifs is 3. The lowest BCUT2D eigenvalue weighted by molar-refractivity contribution is 0.0851. The average molecular weight is 1130 g/mol. The van der Waals surface area contributed by atoms with Crippen molar-refractivity contribution in [2.24, 2.45) is 16.2 Å². The van der Waals surface area contributed by atoms with Crippen LogP contribution in [0.4, 0.5) is 0 Å². The Morgan fingerprint density at radius 1 is 0.518 bits per heavy atom. The van der Waals surface area contributed by atoms with Gasteiger partial charge < -0.3 is 44.1 Å². The third-order valence-electron chi connectivity index (χ3n) is 13.6. The normalized spacial score (nSPS) is 11.9. The van der Waals surface area contributed by atoms with Crippen molar-refractivity contribution in [2.75, 3.05) is 74.3 Å². The Hall–Kier alpha value is -8.02. The number of nitrogens with zero attached hydrogens (tertiary/aromatic N) is 5. The highest BCUT2D eigenvalue weighted by Gasteiger charge is 2.26. The summed E-state index contributed by atoms with van der Waals surface area (Å²) >= 11 is 0. The third-order valence-corrected chi connectivity index (χ3v) is 13.6. The molecule has 0 atom stereocenters. The van der Waals surface area contributed by atoms with Gasteiger partial charge in [0.15, 0.2) is 23.0 Å². The minimum Gasteiger partial charge on any atom is -0.494 e. The number of hydrogen-bond donors (Lipinski definition) is 4. The number of aromatic amines is 3. The van der Waals surface area contributed by atoms with Crippen LogP contribution in [0.5, 0.6) is 11.5 Å². The molecule has 0 bridgehead atoms. The van der Waals surface area contributed by atoms with Gasteiger partial charge in [0.1, 0.15) is 18.1 Å². The van der Waals surface area contributed by atoms with Crippen molar-refractivity contribution in [2.45, 2.75) is 75.3 Å². The maximum atomic E-state index is 12.7. The van der Waals surface area contributed by atoms with Gasteiger partial charge in [0.05, 0.1) is 44.9 Å². The first-order valence-electron chi connectivity index (χ1n) is 28.2. The monoisotopic (exact) mass is 1130 g/mol. The van der Waals surface area contributed by atoms with Gasteiger partial charge in [-0.05, 0) is 167 Å². The van der Waals surface area contributed by atoms with Crippen molar-refractivity contribution in [3.8, 4) is 34.0 Å². The molecule has 9 rings (SSSR count). The van der Waals surface area contributed by atoms with Crippen molar-refractivity contribution in [3.63, 3.8) is 0 Å². The average Bonchev–Trinajstić information content (AvgIpc) is 4.41. The molecule has 0 radical (unpaired) electrons. The van der Waals surface area contributed by atoms with Gasteiger partial charge in [0.25, 0.3) is 0 Å². The summed E-state index contributed by atoms with van der Waals surface area (Å²) in [4.78, 5) is 64.5. The van der Waals surface area contributed by atoms with E-state index in [9.17, 15) is 19.2 Å². The summed E-state index contributed by atoms with van der Waals surface area (Å²) in [7, 11) is 8.19. The van der Waals surface area contributed by atoms with E-state index < -0.39 is 5.41 Å². The van der Waals surface area contributed by atoms with E-state index in [2.05, 4.69) is 85.6 Å². The Kier molecular flexibility index (Phi) is 20.6. The van der Waals surface area contributed by atoms with E-state index in [1.807, 2.05) is 137 Å². The van der Waals surface area contributed by atoms with E-state index in [1.54, 1.807) is 30.5 Å². The van der Waals surface area contributed by atoms with Crippen LogP contribution in [-0.4, -0.2) is 142 Å². The van der Waals surface area contributed by atoms with Crippen LogP contribution in [0.15, 0.2) is 128 Å². The summed E-state index contributed by atoms with van der Waals surface area (Å²) < 4.78 is 18.3. The molecule has 0 fully saturated rings. The molecule has 16 heteroatoms. The van der Waals surface area contributed by atoms with Gasteiger partial charge in [-0.3, -0.25) is 19.2 Å². The number of carbonyl (C=O) groups is 4. The fraction of sp³-hybridized carbons (Fsp3) is 0.373. The molecule has 4 heterocycles. The number of Topliss-reactive ketones (excluding diaryl/α,β-unsaturated/α-hetero) is 3. The van der Waals surface area contributed by atoms with Gasteiger partial charge in [-0.1, -0.05) is 67.5 Å². The van der Waals surface area contributed by atoms with Crippen LogP contribution in [0, 0.1) is 16.2 Å². The number of aromatic nitrogens is 6. The molecule has 0 saturated heterocycles. The van der Waals surface area contributed by atoms with E-state index in [-0.39, 0.29) is 52.9 Å². The Balaban J connectivity index is 0.000000179. The fourth-order valence-corrected chi connectivity index (χ4v) is 8.91. The van der Waals surface area contributed by atoms with Crippen LogP contribution in [0.25, 0.3) is 55.2 Å². The van der Waals surface area contributed by atoms with E-state index in [1.165, 1.54) is 4.68 Å². The van der Waals surface area contributed by atoms with Gasteiger partial charge in [0, 0.05) is 90.1 Å². The molecular formula is C67H82N8O8. The molecule has 0 unspecified atom stereocenters. The molecule has 0 saturated carbocycles. The number of hydrogen-bond acceptors (Lipinski definition) is 12. The summed E-state index contributed by atoms with van der Waals surface area (Å²) in [6, 6.07) is 39.2. The molecule has 438 valence electrons. The molecule has 4 aromatic heterocycles. The largest absolute Gasteiger partial charge is 0.494 e. The molecule has 5 aromatic carbocycles. The van der Waals surface area contributed by atoms with Gasteiger partial charge in [-0.2, -0.15) is 0 Å². The van der Waals surface area contributed by atoms with Crippen LogP contribution >= 0.6 is 0 Å². The van der Waals surface area contributed by atoms with Gasteiger partial charge >= 0.3 is 0 Å². The number of H-pyrrole nitrogens is 3. The number of ether oxygens (including phenoxy) is 3. The number of carbonyl (C=O) groups excluding carboxylic acids is 4. The lowest BCUT2D eigenvalue weighted by Gasteiger charge is -2.16. The Morgan fingerprint density at radius 3 is 1.39 bits per heavy atom. The fourth-order valence-electron chi connectivity index (χ4n) is 8.91. The van der Waals surface area contributed by atoms with Crippen molar-refractivity contribution in [1.29, 1.82) is 0 Å². The molecule has 9 aromatic rings. The highest BCUT2D eigenvalue weighted by atomic mass is 16.5. The minimum atomic E-state index is -0.470. The molecule has 0 amide bonds. The molecular weight excluding hydrogens is 1040 g/mol. The summed E-state index contributed by atoms with van der Waals surface area (Å²) in [5.41, 5.74) is 8.61. The number of ketones is 4. The number of aliphatic hydroxyl groups excluding tert-OH is 1. The number of rotatable bonds is 21. The Labute approximate surface area is 487 Å². The van der Waals surface area contributed by atoms with E-state index in [4.69, 9.17) is 19.3 Å². The molecule has 4 N–H and O–H groups in total. The molecule has 16 nitrogen and oxygen atoms in total. The number of likely N-dealkylation sites (N-methyl/N-ethyl adjacent to an activating group) is 1. The van der Waals surface area contributed by atoms with Crippen molar-refractivity contribution in [3.05, 3.63) is 156 Å². The van der Waals surface area contributed by atoms with Crippen molar-refractivity contribution in [1.82, 2.24) is 39.7 Å². The number of benzene rings is 5. The molecule has 0 aliphatic carbocycles. The van der Waals surface area contributed by atoms with Crippen LogP contribution in [0.1, 0.15) is 116 Å². The highest BCUT2D eigenvalue weighted by molar-refractivity contribution is 6.10. The predicted octanol–water partition coefficient (Wildman–Crippen LogP) is 12.6. The van der Waals surface area contributed by atoms with Crippen LogP contribution in [0.2, 0.25) is 0 Å². The summed E-state index contributed by atoms with van der Waals surface area (Å²) in [6.07, 6.45) is 2.57. The molecule has 0 aliphatic rings. The van der Waals surface area contributed by atoms with E-state index in [0.717, 1.165) is 97.4 Å². The second kappa shape index (κ2) is 27.4. The molecule has 0 aliphatic heterocycles. The van der Waals surface area contributed by atoms with Gasteiger partial charge in [0.2, 0.25) is 5.78 Å². The smallest absolute Gasteiger partial charge is 0.231 e. The summed E-state index contributed by atoms with van der Waals surface area (Å²) in [5, 5.41) is 19.4. The molecule has 83 heavy (non-hydrogen) atoms. The van der Waals surface area contributed by atoms with E-state index in [0.29, 0.717) is 37.6 Å². The molecule has 0 spiro atoms. The standard InChI is InChI=1S/C24H30N2O2.C23H28N2O2.C20H24N4O4/c1-24(2,3)23(27)18-9-12-21-19(15-18)16-22(25-21)17-7-10-20(11-8-17)28-14-6-13-26(4)5;1-23(2,3)22(26)17-8-11-20-18(14-17)15-21(24-20)16-6-9-19(10-7-16)27-13-12-25(4)5;1-20(2,3)19(27)13-4-5-15-14(10-13)11-16(21-15)18(26)17-12-24(23-22-17)6-8-28-9-7-25/h7-12,15-16,25H,6,13-14H2,1-5H3;6-11,14-15,24H,12-13H2,1-5H3;4-5,10-12,21,25H,6-9H2,1-3H3. The number of nitrogens with one attached hydrogen (secondary N) is 3. The van der Waals surface area contributed by atoms with Crippen molar-refractivity contribution >= 4 is 55.8 Å². The lowest BCUT2D eigenvalue weighted by Crippen LogP contribution is -2.19. The zero-order chi connectivity index (χ0) is 60.2. The third kappa shape index (κ3) is 17.3. The minimum absolute atomic E-state index is 0.0372. The maximum Gasteiger partial charge on any atom is 0.231 e. The summed E-state index contributed by atoms with van der Waals surface area (Å²) in [6.45, 7) is 21.7. The topological polar surface area (TPSA) is 201 Å². The highest BCUT2D eigenvalue weighted by Crippen LogP contribution is 2.31. The Morgan fingerprint density at radius 2 is 0.952 bits per heavy atom. The first-order valence-corrected chi connectivity index (χ1v) is 28.2. The zero-order valence-corrected chi connectivity index (χ0v) is 50.5. The SMILES string of the molecule is CC(C)(C)C(=O)c1ccc2[nH]c(C(=O)c3cn(CCOCCO)nn3)cc2c1.CN(C)CCCOc1ccc(-c2cc3cc(C(=O)C(C)(C)C)ccc3[nH]2)cc1.CN(C)CCOc1ccc(-c2cc3cc(C(=O)C(C)(C)C)ccc3[nH]2)cc1. The summed E-state index contributed by atoms with van der Waals surface area (Å²) in [5.74, 6) is 1.85. The number of aliphatic hydroxyl groups is 1. The van der Waals surface area contributed by atoms with E-state index >= 15 is 0 Å². The van der Waals surface area contributed by atoms with Gasteiger partial charge in [-0.25, -0.2) is 4.68 Å². The van der Waals surface area contributed by atoms with Gasteiger partial charge in [-0.15, -0.1) is 5.10 Å². The van der Waals surface area contributed by atoms with Crippen LogP contribution in [0.3, 0.4) is 0 Å². The Bertz CT molecular complexity index is 3640. The maximum absolute atomic E-state index is 12.7.